The third-order valence-corrected chi connectivity index (χ3v) is 7.01. The number of carboxylic acids is 2. The molecule has 0 aromatic heterocycles. The Morgan fingerprint density at radius 1 is 0.816 bits per heavy atom. The van der Waals surface area contributed by atoms with E-state index in [4.69, 9.17) is 21.8 Å². The second-order valence-electron chi connectivity index (χ2n) is 9.20. The summed E-state index contributed by atoms with van der Waals surface area (Å²) < 4.78 is 0. The van der Waals surface area contributed by atoms with Crippen molar-refractivity contribution in [3.63, 3.8) is 0 Å². The van der Waals surface area contributed by atoms with E-state index in [9.17, 15) is 9.59 Å². The van der Waals surface area contributed by atoms with Crippen molar-refractivity contribution in [2.75, 3.05) is 37.6 Å². The molecule has 6 nitrogen and oxygen atoms in total. The van der Waals surface area contributed by atoms with Gasteiger partial charge in [-0.15, -0.1) is 0 Å². The Balaban J connectivity index is 0.000000368. The van der Waals surface area contributed by atoms with Crippen molar-refractivity contribution >= 4 is 34.8 Å². The van der Waals surface area contributed by atoms with Gasteiger partial charge in [0.1, 0.15) is 0 Å². The Hall–Kier alpha value is -3.87. The minimum Gasteiger partial charge on any atom is -0.478 e. The van der Waals surface area contributed by atoms with Crippen LogP contribution in [0.5, 0.6) is 0 Å². The van der Waals surface area contributed by atoms with Gasteiger partial charge in [-0.2, -0.15) is 0 Å². The van der Waals surface area contributed by atoms with E-state index < -0.39 is 11.9 Å². The number of halogens is 1. The Kier molecular flexibility index (Phi) is 9.35. The number of nitrogens with zero attached hydrogens (tertiary/aromatic N) is 2. The van der Waals surface area contributed by atoms with Gasteiger partial charge in [-0.25, -0.2) is 9.59 Å². The number of fused-ring (bicyclic) bond motifs is 1. The van der Waals surface area contributed by atoms with Crippen LogP contribution in [0.15, 0.2) is 91.0 Å². The van der Waals surface area contributed by atoms with Crippen molar-refractivity contribution < 1.29 is 19.8 Å². The molecule has 0 bridgehead atoms. The lowest BCUT2D eigenvalue weighted by molar-refractivity contribution is -0.134. The molecule has 1 saturated heterocycles. The fraction of sp³-hybridized carbons (Fsp3) is 0.226. The highest BCUT2D eigenvalue weighted by atomic mass is 35.5. The lowest BCUT2D eigenvalue weighted by atomic mass is 9.94. The Labute approximate surface area is 228 Å². The predicted molar refractivity (Wildman–Crippen MR) is 153 cm³/mol. The summed E-state index contributed by atoms with van der Waals surface area (Å²) in [5.41, 5.74) is 8.40. The van der Waals surface area contributed by atoms with Gasteiger partial charge < -0.3 is 15.1 Å². The predicted octanol–water partition coefficient (Wildman–Crippen LogP) is 5.87. The molecule has 0 spiro atoms. The van der Waals surface area contributed by atoms with E-state index in [1.54, 1.807) is 0 Å². The number of carbonyl (C=O) groups is 2. The average Bonchev–Trinajstić information content (AvgIpc) is 3.35. The number of anilines is 1. The van der Waals surface area contributed by atoms with Gasteiger partial charge in [0.05, 0.1) is 0 Å². The molecule has 1 aliphatic carbocycles. The first-order valence-electron chi connectivity index (χ1n) is 12.6. The van der Waals surface area contributed by atoms with E-state index in [0.717, 1.165) is 50.6 Å². The summed E-state index contributed by atoms with van der Waals surface area (Å²) in [5.74, 6) is -2.51. The number of allylic oxidation sites excluding steroid dienone is 1. The molecule has 0 amide bonds. The van der Waals surface area contributed by atoms with Crippen LogP contribution >= 0.6 is 11.6 Å². The first-order chi connectivity index (χ1) is 18.4. The maximum atomic E-state index is 9.55. The second kappa shape index (κ2) is 13.1. The summed E-state index contributed by atoms with van der Waals surface area (Å²) in [6.07, 6.45) is 5.74. The molecule has 0 atom stereocenters. The van der Waals surface area contributed by atoms with Gasteiger partial charge in [0.25, 0.3) is 0 Å². The fourth-order valence-electron chi connectivity index (χ4n) is 4.89. The van der Waals surface area contributed by atoms with Crippen LogP contribution in [0.2, 0.25) is 5.02 Å². The SMILES string of the molecule is Clc1cccc(N2CCN(CCC3=CCc4c3cccc4-c3ccccc3)CC2)c1.O=C(O)C=CC(=O)O. The quantitative estimate of drug-likeness (QED) is 0.372. The average molecular weight is 531 g/mol. The molecule has 0 saturated carbocycles. The summed E-state index contributed by atoms with van der Waals surface area (Å²) in [6, 6.07) is 25.8. The molecule has 3 aromatic rings. The minimum absolute atomic E-state index is 0.558. The topological polar surface area (TPSA) is 81.1 Å². The third kappa shape index (κ3) is 7.34. The maximum Gasteiger partial charge on any atom is 0.328 e. The van der Waals surface area contributed by atoms with Crippen molar-refractivity contribution in [3.8, 4) is 11.1 Å². The number of hydrogen-bond acceptors (Lipinski definition) is 4. The highest BCUT2D eigenvalue weighted by molar-refractivity contribution is 6.30. The molecule has 0 radical (unpaired) electrons. The second-order valence-corrected chi connectivity index (χ2v) is 9.64. The van der Waals surface area contributed by atoms with Gasteiger partial charge in [0.15, 0.2) is 0 Å². The van der Waals surface area contributed by atoms with E-state index in [2.05, 4.69) is 76.5 Å². The van der Waals surface area contributed by atoms with Gasteiger partial charge >= 0.3 is 11.9 Å². The van der Waals surface area contributed by atoms with Crippen molar-refractivity contribution in [1.82, 2.24) is 4.90 Å². The summed E-state index contributed by atoms with van der Waals surface area (Å²) in [5, 5.41) is 16.4. The molecule has 196 valence electrons. The summed E-state index contributed by atoms with van der Waals surface area (Å²) in [6.45, 7) is 5.47. The number of benzene rings is 3. The first-order valence-corrected chi connectivity index (χ1v) is 13.0. The Morgan fingerprint density at radius 3 is 2.13 bits per heavy atom. The standard InChI is InChI=1S/C27H27ClN2.C4H4O4/c28-23-8-4-9-24(20-23)30-18-16-29(17-19-30)15-14-22-12-13-27-25(10-5-11-26(22)27)21-6-2-1-3-7-21;5-3(6)1-2-4(7)8/h1-12,20H,13-19H2;1-2H,(H,5,6)(H,7,8). The lowest BCUT2D eigenvalue weighted by Crippen LogP contribution is -2.46. The monoisotopic (exact) mass is 530 g/mol. The zero-order valence-electron chi connectivity index (χ0n) is 21.1. The molecule has 2 aliphatic rings. The maximum absolute atomic E-state index is 9.55. The highest BCUT2D eigenvalue weighted by Gasteiger charge is 2.21. The summed E-state index contributed by atoms with van der Waals surface area (Å²) in [7, 11) is 0. The molecular formula is C31H31ClN2O4. The molecule has 1 fully saturated rings. The summed E-state index contributed by atoms with van der Waals surface area (Å²) >= 11 is 6.16. The third-order valence-electron chi connectivity index (χ3n) is 6.77. The Bertz CT molecular complexity index is 1310. The number of aliphatic carboxylic acids is 2. The number of rotatable bonds is 7. The van der Waals surface area contributed by atoms with Crippen molar-refractivity contribution in [2.24, 2.45) is 0 Å². The van der Waals surface area contributed by atoms with Crippen LogP contribution in [-0.2, 0) is 16.0 Å². The molecule has 1 heterocycles. The van der Waals surface area contributed by atoms with Crippen molar-refractivity contribution in [1.29, 1.82) is 0 Å². The van der Waals surface area contributed by atoms with Gasteiger partial charge in [0, 0.05) is 55.6 Å². The van der Waals surface area contributed by atoms with Gasteiger partial charge in [-0.1, -0.05) is 72.3 Å². The molecule has 1 aliphatic heterocycles. The smallest absolute Gasteiger partial charge is 0.328 e. The Morgan fingerprint density at radius 2 is 1.47 bits per heavy atom. The van der Waals surface area contributed by atoms with Crippen LogP contribution in [0.25, 0.3) is 16.7 Å². The molecule has 2 N–H and O–H groups in total. The van der Waals surface area contributed by atoms with Gasteiger partial charge in [-0.3, -0.25) is 4.90 Å². The molecular weight excluding hydrogens is 500 g/mol. The van der Waals surface area contributed by atoms with Crippen LogP contribution in [0.4, 0.5) is 5.69 Å². The number of carboxylic acid groups (broad SMARTS) is 2. The molecule has 0 unspecified atom stereocenters. The van der Waals surface area contributed by atoms with Crippen molar-refractivity contribution in [3.05, 3.63) is 107 Å². The molecule has 5 rings (SSSR count). The van der Waals surface area contributed by atoms with Gasteiger partial charge in [-0.05, 0) is 58.9 Å². The zero-order valence-corrected chi connectivity index (χ0v) is 21.8. The van der Waals surface area contributed by atoms with Crippen LogP contribution in [-0.4, -0.2) is 59.8 Å². The molecule has 7 heteroatoms. The molecule has 38 heavy (non-hydrogen) atoms. The van der Waals surface area contributed by atoms with Crippen LogP contribution in [0.1, 0.15) is 17.5 Å². The number of piperazine rings is 1. The fourth-order valence-corrected chi connectivity index (χ4v) is 5.08. The van der Waals surface area contributed by atoms with E-state index in [1.807, 2.05) is 12.1 Å². The zero-order chi connectivity index (χ0) is 26.9. The van der Waals surface area contributed by atoms with E-state index in [-0.39, 0.29) is 0 Å². The largest absolute Gasteiger partial charge is 0.478 e. The lowest BCUT2D eigenvalue weighted by Gasteiger charge is -2.36. The highest BCUT2D eigenvalue weighted by Crippen LogP contribution is 2.36. The van der Waals surface area contributed by atoms with Crippen molar-refractivity contribution in [2.45, 2.75) is 12.8 Å². The molecule has 3 aromatic carbocycles. The van der Waals surface area contributed by atoms with Crippen LogP contribution < -0.4 is 4.90 Å². The normalized spacial score (nSPS) is 15.0. The van der Waals surface area contributed by atoms with Gasteiger partial charge in [0.2, 0.25) is 0 Å². The van der Waals surface area contributed by atoms with E-state index in [0.29, 0.717) is 12.2 Å². The van der Waals surface area contributed by atoms with Crippen LogP contribution in [0, 0.1) is 0 Å². The summed E-state index contributed by atoms with van der Waals surface area (Å²) in [4.78, 5) is 24.1. The van der Waals surface area contributed by atoms with Crippen LogP contribution in [0.3, 0.4) is 0 Å². The minimum atomic E-state index is -1.26. The van der Waals surface area contributed by atoms with E-state index in [1.165, 1.54) is 33.5 Å². The first kappa shape index (κ1) is 27.2. The number of hydrogen-bond donors (Lipinski definition) is 2. The van der Waals surface area contributed by atoms with E-state index >= 15 is 0 Å².